The normalized spacial score (nSPS) is 51.4. The van der Waals surface area contributed by atoms with Crippen molar-refractivity contribution in [1.29, 1.82) is 0 Å². The van der Waals surface area contributed by atoms with Crippen molar-refractivity contribution < 1.29 is 23.9 Å². The number of hydrogen-bond acceptors (Lipinski definition) is 5. The highest BCUT2D eigenvalue weighted by Gasteiger charge is 2.74. The van der Waals surface area contributed by atoms with Crippen LogP contribution in [-0.4, -0.2) is 36.4 Å². The molecule has 1 saturated heterocycles. The number of epoxide rings is 1. The Balaban J connectivity index is 1.42. The molecule has 4 saturated carbocycles. The van der Waals surface area contributed by atoms with Crippen LogP contribution in [0, 0.1) is 40.4 Å². The summed E-state index contributed by atoms with van der Waals surface area (Å²) < 4.78 is 11.4. The Morgan fingerprint density at radius 1 is 1.18 bits per heavy atom. The molecule has 28 heavy (non-hydrogen) atoms. The third-order valence-corrected chi connectivity index (χ3v) is 9.55. The number of esters is 1. The van der Waals surface area contributed by atoms with E-state index in [9.17, 15) is 14.4 Å². The van der Waals surface area contributed by atoms with Crippen LogP contribution < -0.4 is 0 Å². The first-order chi connectivity index (χ1) is 13.3. The molecular formula is C23H32O5. The van der Waals surface area contributed by atoms with Crippen LogP contribution in [0.3, 0.4) is 0 Å². The molecule has 0 spiro atoms. The Bertz CT molecular complexity index is 731. The molecule has 0 bridgehead atoms. The zero-order valence-electron chi connectivity index (χ0n) is 17.2. The van der Waals surface area contributed by atoms with Crippen LogP contribution in [0.15, 0.2) is 0 Å². The van der Waals surface area contributed by atoms with Gasteiger partial charge in [0.25, 0.3) is 0 Å². The van der Waals surface area contributed by atoms with Crippen molar-refractivity contribution in [2.24, 2.45) is 40.4 Å². The van der Waals surface area contributed by atoms with Gasteiger partial charge in [0.1, 0.15) is 12.4 Å². The van der Waals surface area contributed by atoms with E-state index in [0.717, 1.165) is 44.9 Å². The molecule has 0 N–H and O–H groups in total. The van der Waals surface area contributed by atoms with Crippen molar-refractivity contribution in [1.82, 2.24) is 0 Å². The molecule has 0 aromatic rings. The maximum absolute atomic E-state index is 12.9. The lowest BCUT2D eigenvalue weighted by Gasteiger charge is -2.58. The molecule has 9 atom stereocenters. The number of ketones is 2. The highest BCUT2D eigenvalue weighted by molar-refractivity contribution is 5.85. The second kappa shape index (κ2) is 6.13. The Morgan fingerprint density at radius 3 is 2.71 bits per heavy atom. The van der Waals surface area contributed by atoms with E-state index >= 15 is 0 Å². The van der Waals surface area contributed by atoms with Gasteiger partial charge in [-0.15, -0.1) is 0 Å². The van der Waals surface area contributed by atoms with E-state index in [1.807, 2.05) is 0 Å². The lowest BCUT2D eigenvalue weighted by atomic mass is 9.44. The van der Waals surface area contributed by atoms with Crippen molar-refractivity contribution in [2.75, 3.05) is 6.61 Å². The van der Waals surface area contributed by atoms with E-state index < -0.39 is 5.97 Å². The fourth-order valence-corrected chi connectivity index (χ4v) is 8.22. The van der Waals surface area contributed by atoms with Crippen molar-refractivity contribution in [2.45, 2.75) is 77.9 Å². The van der Waals surface area contributed by atoms with Gasteiger partial charge in [-0.25, -0.2) is 0 Å². The zero-order valence-corrected chi connectivity index (χ0v) is 17.2. The van der Waals surface area contributed by atoms with Gasteiger partial charge >= 0.3 is 5.97 Å². The number of carbonyl (C=O) groups excluding carboxylic acids is 3. The quantitative estimate of drug-likeness (QED) is 0.548. The minimum absolute atomic E-state index is 0.0636. The molecule has 0 radical (unpaired) electrons. The van der Waals surface area contributed by atoms with E-state index in [4.69, 9.17) is 9.47 Å². The summed E-state index contributed by atoms with van der Waals surface area (Å²) in [5, 5.41) is 0. The average Bonchev–Trinajstić information content (AvgIpc) is 3.36. The van der Waals surface area contributed by atoms with E-state index in [0.29, 0.717) is 29.5 Å². The van der Waals surface area contributed by atoms with Gasteiger partial charge in [0, 0.05) is 31.1 Å². The van der Waals surface area contributed by atoms with Gasteiger partial charge in [-0.3, -0.25) is 14.4 Å². The molecule has 5 nitrogen and oxygen atoms in total. The minimum atomic E-state index is -0.393. The summed E-state index contributed by atoms with van der Waals surface area (Å²) in [5.41, 5.74) is 0.0775. The second-order valence-electron chi connectivity index (χ2n) is 10.6. The van der Waals surface area contributed by atoms with Crippen LogP contribution in [0.1, 0.15) is 65.7 Å². The van der Waals surface area contributed by atoms with Crippen LogP contribution in [-0.2, 0) is 23.9 Å². The molecule has 154 valence electrons. The molecule has 1 aliphatic heterocycles. The van der Waals surface area contributed by atoms with Gasteiger partial charge in [-0.2, -0.15) is 0 Å². The molecule has 5 rings (SSSR count). The summed E-state index contributed by atoms with van der Waals surface area (Å²) in [6, 6.07) is 0. The van der Waals surface area contributed by atoms with Crippen LogP contribution >= 0.6 is 0 Å². The Labute approximate surface area is 166 Å². The number of ether oxygens (including phenoxy) is 2. The van der Waals surface area contributed by atoms with E-state index in [-0.39, 0.29) is 41.3 Å². The van der Waals surface area contributed by atoms with Crippen LogP contribution in [0.5, 0.6) is 0 Å². The maximum atomic E-state index is 12.9. The Kier molecular flexibility index (Phi) is 4.11. The number of fused-ring (bicyclic) bond motifs is 8. The van der Waals surface area contributed by atoms with Gasteiger partial charge < -0.3 is 9.47 Å². The second-order valence-corrected chi connectivity index (χ2v) is 10.6. The summed E-state index contributed by atoms with van der Waals surface area (Å²) in [6.45, 7) is 5.93. The number of rotatable bonds is 3. The van der Waals surface area contributed by atoms with E-state index in [1.165, 1.54) is 6.92 Å². The van der Waals surface area contributed by atoms with Crippen molar-refractivity contribution in [3.8, 4) is 0 Å². The van der Waals surface area contributed by atoms with Gasteiger partial charge in [0.05, 0.1) is 12.2 Å². The van der Waals surface area contributed by atoms with Gasteiger partial charge in [0.2, 0.25) is 0 Å². The van der Waals surface area contributed by atoms with Crippen LogP contribution in [0.4, 0.5) is 0 Å². The molecule has 1 heterocycles. The molecule has 5 aliphatic rings. The van der Waals surface area contributed by atoms with Gasteiger partial charge in [0.15, 0.2) is 5.78 Å². The summed E-state index contributed by atoms with van der Waals surface area (Å²) in [4.78, 5) is 36.1. The van der Waals surface area contributed by atoms with Crippen molar-refractivity contribution in [3.63, 3.8) is 0 Å². The molecular weight excluding hydrogens is 356 g/mol. The SMILES string of the molecule is CC(=O)OCC(=O)[C@H]1CC[C@H]2[C@@H]3CC[C@H]4CC(=O)CC[C@]4(C)[C@H]3[C@H]3O[C@H]3[C@]12C. The largest absolute Gasteiger partial charge is 0.458 e. The fourth-order valence-electron chi connectivity index (χ4n) is 8.22. The summed E-state index contributed by atoms with van der Waals surface area (Å²) in [7, 11) is 0. The predicted octanol–water partition coefficient (Wildman–Crippen LogP) is 3.33. The lowest BCUT2D eigenvalue weighted by molar-refractivity contribution is -0.149. The smallest absolute Gasteiger partial charge is 0.303 e. The summed E-state index contributed by atoms with van der Waals surface area (Å²) in [5.74, 6) is 2.18. The maximum Gasteiger partial charge on any atom is 0.303 e. The van der Waals surface area contributed by atoms with Crippen LogP contribution in [0.2, 0.25) is 0 Å². The first-order valence-electron chi connectivity index (χ1n) is 11.1. The van der Waals surface area contributed by atoms with E-state index in [2.05, 4.69) is 13.8 Å². The first kappa shape index (κ1) is 18.8. The summed E-state index contributed by atoms with van der Waals surface area (Å²) in [6.07, 6.45) is 7.13. The standard InChI is InChI=1S/C23H32O5/c1-12(24)27-11-18(26)17-7-6-16-15-5-4-13-10-14(25)8-9-22(13,2)19(15)20-21(28-20)23(16,17)3/h13,15-17,19-21H,4-11H2,1-3H3/t13-,15-,16-,17+,19+,20+,21+,22-,23-/m0/s1. The minimum Gasteiger partial charge on any atom is -0.458 e. The van der Waals surface area contributed by atoms with Crippen molar-refractivity contribution in [3.05, 3.63) is 0 Å². The number of carbonyl (C=O) groups is 3. The van der Waals surface area contributed by atoms with Gasteiger partial charge in [-0.05, 0) is 61.2 Å². The Morgan fingerprint density at radius 2 is 1.96 bits per heavy atom. The van der Waals surface area contributed by atoms with Crippen molar-refractivity contribution >= 4 is 17.5 Å². The topological polar surface area (TPSA) is 73.0 Å². The summed E-state index contributed by atoms with van der Waals surface area (Å²) >= 11 is 0. The highest BCUT2D eigenvalue weighted by Crippen LogP contribution is 2.72. The Hall–Kier alpha value is -1.23. The highest BCUT2D eigenvalue weighted by atomic mass is 16.6. The first-order valence-corrected chi connectivity index (χ1v) is 11.1. The predicted molar refractivity (Wildman–Crippen MR) is 101 cm³/mol. The lowest BCUT2D eigenvalue weighted by Crippen LogP contribution is -2.57. The molecule has 0 amide bonds. The monoisotopic (exact) mass is 388 g/mol. The molecule has 4 aliphatic carbocycles. The number of Topliss-reactive ketones (excluding diaryl/α,β-unsaturated/α-hetero) is 2. The van der Waals surface area contributed by atoms with Gasteiger partial charge in [-0.1, -0.05) is 13.8 Å². The third kappa shape index (κ3) is 2.44. The average molecular weight is 389 g/mol. The molecule has 0 aromatic carbocycles. The fraction of sp³-hybridized carbons (Fsp3) is 0.870. The molecule has 5 heteroatoms. The molecule has 5 fully saturated rings. The molecule has 0 aromatic heterocycles. The van der Waals surface area contributed by atoms with Crippen LogP contribution in [0.25, 0.3) is 0 Å². The number of hydrogen-bond donors (Lipinski definition) is 0. The zero-order chi connectivity index (χ0) is 19.8. The molecule has 0 unspecified atom stereocenters. The van der Waals surface area contributed by atoms with E-state index in [1.54, 1.807) is 0 Å². The third-order valence-electron chi connectivity index (χ3n) is 9.55.